The van der Waals surface area contributed by atoms with E-state index >= 15 is 0 Å². The molecule has 1 N–H and O–H groups in total. The van der Waals surface area contributed by atoms with Crippen LogP contribution in [0.4, 0.5) is 5.69 Å². The van der Waals surface area contributed by atoms with Crippen LogP contribution in [0.2, 0.25) is 0 Å². The number of amides is 1. The number of hydrogen-bond acceptors (Lipinski definition) is 3. The highest BCUT2D eigenvalue weighted by Crippen LogP contribution is 2.12. The van der Waals surface area contributed by atoms with E-state index in [9.17, 15) is 9.59 Å². The lowest BCUT2D eigenvalue weighted by molar-refractivity contribution is 0.101. The number of hydrogen-bond donors (Lipinski definition) is 1. The maximum absolute atomic E-state index is 12.1. The molecule has 5 nitrogen and oxygen atoms in total. The van der Waals surface area contributed by atoms with Gasteiger partial charge in [-0.05, 0) is 49.4 Å². The average molecular weight is 279 g/mol. The number of rotatable bonds is 3. The van der Waals surface area contributed by atoms with Crippen LogP contribution >= 0.6 is 0 Å². The van der Waals surface area contributed by atoms with Crippen LogP contribution in [0, 0.1) is 0 Å². The van der Waals surface area contributed by atoms with Crippen LogP contribution in [0.25, 0.3) is 5.52 Å². The third-order valence-electron chi connectivity index (χ3n) is 3.15. The van der Waals surface area contributed by atoms with Crippen molar-refractivity contribution in [2.45, 2.75) is 6.92 Å². The van der Waals surface area contributed by atoms with Crippen molar-refractivity contribution in [2.24, 2.45) is 0 Å². The Morgan fingerprint density at radius 3 is 2.52 bits per heavy atom. The van der Waals surface area contributed by atoms with Crippen LogP contribution in [-0.2, 0) is 0 Å². The van der Waals surface area contributed by atoms with E-state index in [4.69, 9.17) is 0 Å². The minimum Gasteiger partial charge on any atom is -0.321 e. The van der Waals surface area contributed by atoms with E-state index in [0.717, 1.165) is 5.52 Å². The average Bonchev–Trinajstić information content (AvgIpc) is 2.92. The number of Topliss-reactive ketones (excluding diaryl/α,β-unsaturated/α-hetero) is 1. The van der Waals surface area contributed by atoms with E-state index in [1.807, 2.05) is 18.2 Å². The van der Waals surface area contributed by atoms with Crippen LogP contribution in [0.15, 0.2) is 54.7 Å². The Morgan fingerprint density at radius 2 is 1.86 bits per heavy atom. The van der Waals surface area contributed by atoms with Gasteiger partial charge in [0, 0.05) is 17.4 Å². The first-order valence-corrected chi connectivity index (χ1v) is 6.50. The Kier molecular flexibility index (Phi) is 3.23. The fourth-order valence-corrected chi connectivity index (χ4v) is 2.03. The van der Waals surface area contributed by atoms with Crippen molar-refractivity contribution < 1.29 is 9.59 Å². The Labute approximate surface area is 121 Å². The lowest BCUT2D eigenvalue weighted by Crippen LogP contribution is -2.12. The maximum atomic E-state index is 12.1. The monoisotopic (exact) mass is 279 g/mol. The second-order valence-corrected chi connectivity index (χ2v) is 4.69. The first-order chi connectivity index (χ1) is 10.1. The minimum atomic E-state index is -0.283. The van der Waals surface area contributed by atoms with Crippen molar-refractivity contribution in [3.63, 3.8) is 0 Å². The molecule has 0 aliphatic heterocycles. The van der Waals surface area contributed by atoms with Crippen molar-refractivity contribution >= 4 is 22.9 Å². The van der Waals surface area contributed by atoms with Gasteiger partial charge in [0.05, 0.1) is 5.52 Å². The van der Waals surface area contributed by atoms with Crippen molar-refractivity contribution in [1.29, 1.82) is 0 Å². The highest BCUT2D eigenvalue weighted by atomic mass is 16.2. The molecule has 104 valence electrons. The van der Waals surface area contributed by atoms with Crippen LogP contribution in [0.3, 0.4) is 0 Å². The molecule has 0 unspecified atom stereocenters. The number of ketones is 1. The van der Waals surface area contributed by atoms with Gasteiger partial charge in [-0.3, -0.25) is 9.59 Å². The van der Waals surface area contributed by atoms with Gasteiger partial charge < -0.3 is 5.32 Å². The third kappa shape index (κ3) is 2.67. The molecule has 0 atom stereocenters. The Morgan fingerprint density at radius 1 is 1.10 bits per heavy atom. The van der Waals surface area contributed by atoms with Crippen molar-refractivity contribution in [3.8, 4) is 0 Å². The Bertz CT molecular complexity index is 786. The van der Waals surface area contributed by atoms with Gasteiger partial charge in [0.1, 0.15) is 0 Å². The summed E-state index contributed by atoms with van der Waals surface area (Å²) in [5.41, 5.74) is 2.44. The molecule has 5 heteroatoms. The molecule has 0 aliphatic carbocycles. The molecule has 2 aromatic heterocycles. The smallest absolute Gasteiger partial charge is 0.276 e. The predicted molar refractivity (Wildman–Crippen MR) is 79.6 cm³/mol. The molecule has 2 heterocycles. The van der Waals surface area contributed by atoms with Gasteiger partial charge in [-0.15, -0.1) is 0 Å². The van der Waals surface area contributed by atoms with Crippen molar-refractivity contribution in [2.75, 3.05) is 5.32 Å². The lowest BCUT2D eigenvalue weighted by Gasteiger charge is -2.03. The SMILES string of the molecule is CC(=O)c1ccc(NC(=O)c2cc3ccccn3n2)cc1. The molecule has 1 amide bonds. The summed E-state index contributed by atoms with van der Waals surface area (Å²) >= 11 is 0. The number of nitrogens with one attached hydrogen (secondary N) is 1. The second-order valence-electron chi connectivity index (χ2n) is 4.69. The number of aromatic nitrogens is 2. The van der Waals surface area contributed by atoms with E-state index in [-0.39, 0.29) is 11.7 Å². The molecule has 0 aliphatic rings. The van der Waals surface area contributed by atoms with Crippen LogP contribution < -0.4 is 5.32 Å². The molecular formula is C16H13N3O2. The lowest BCUT2D eigenvalue weighted by atomic mass is 10.1. The first-order valence-electron chi connectivity index (χ1n) is 6.50. The summed E-state index contributed by atoms with van der Waals surface area (Å²) < 4.78 is 1.65. The molecule has 21 heavy (non-hydrogen) atoms. The number of pyridine rings is 1. The molecular weight excluding hydrogens is 266 g/mol. The number of nitrogens with zero attached hydrogens (tertiary/aromatic N) is 2. The van der Waals surface area contributed by atoms with E-state index < -0.39 is 0 Å². The summed E-state index contributed by atoms with van der Waals surface area (Å²) in [4.78, 5) is 23.3. The molecule has 1 aromatic carbocycles. The summed E-state index contributed by atoms with van der Waals surface area (Å²) in [6, 6.07) is 14.1. The predicted octanol–water partition coefficient (Wildman–Crippen LogP) is 2.79. The number of fused-ring (bicyclic) bond motifs is 1. The topological polar surface area (TPSA) is 63.5 Å². The molecule has 0 saturated heterocycles. The Balaban J connectivity index is 1.80. The van der Waals surface area contributed by atoms with Gasteiger partial charge >= 0.3 is 0 Å². The van der Waals surface area contributed by atoms with Crippen molar-refractivity contribution in [1.82, 2.24) is 9.61 Å². The molecule has 0 bridgehead atoms. The molecule has 0 fully saturated rings. The summed E-state index contributed by atoms with van der Waals surface area (Å²) in [5.74, 6) is -0.289. The van der Waals surface area contributed by atoms with Gasteiger partial charge in [0.25, 0.3) is 5.91 Å². The maximum Gasteiger partial charge on any atom is 0.276 e. The number of benzene rings is 1. The quantitative estimate of drug-likeness (QED) is 0.750. The highest BCUT2D eigenvalue weighted by molar-refractivity contribution is 6.04. The van der Waals surface area contributed by atoms with Gasteiger partial charge in [0.15, 0.2) is 11.5 Å². The van der Waals surface area contributed by atoms with Crippen molar-refractivity contribution in [3.05, 3.63) is 66.0 Å². The molecule has 3 aromatic rings. The molecule has 0 saturated carbocycles. The standard InChI is InChI=1S/C16H13N3O2/c1-11(20)12-5-7-13(8-6-12)17-16(21)15-10-14-4-2-3-9-19(14)18-15/h2-10H,1H3,(H,17,21). The summed E-state index contributed by atoms with van der Waals surface area (Å²) in [6.45, 7) is 1.50. The normalized spacial score (nSPS) is 10.5. The van der Waals surface area contributed by atoms with Gasteiger partial charge in [-0.2, -0.15) is 5.10 Å². The minimum absolute atomic E-state index is 0.00627. The molecule has 0 radical (unpaired) electrons. The zero-order chi connectivity index (χ0) is 14.8. The summed E-state index contributed by atoms with van der Waals surface area (Å²) in [6.07, 6.45) is 1.79. The summed E-state index contributed by atoms with van der Waals surface area (Å²) in [5, 5.41) is 6.96. The zero-order valence-electron chi connectivity index (χ0n) is 11.4. The first kappa shape index (κ1) is 13.1. The van der Waals surface area contributed by atoms with E-state index in [2.05, 4.69) is 10.4 Å². The largest absolute Gasteiger partial charge is 0.321 e. The second kappa shape index (κ2) is 5.20. The Hall–Kier alpha value is -2.95. The fraction of sp³-hybridized carbons (Fsp3) is 0.0625. The highest BCUT2D eigenvalue weighted by Gasteiger charge is 2.11. The van der Waals surface area contributed by atoms with Gasteiger partial charge in [-0.25, -0.2) is 4.52 Å². The zero-order valence-corrected chi connectivity index (χ0v) is 11.4. The van der Waals surface area contributed by atoms with Gasteiger partial charge in [-0.1, -0.05) is 6.07 Å². The molecule has 0 spiro atoms. The van der Waals surface area contributed by atoms with Crippen LogP contribution in [0.1, 0.15) is 27.8 Å². The van der Waals surface area contributed by atoms with E-state index in [1.54, 1.807) is 41.0 Å². The van der Waals surface area contributed by atoms with Crippen LogP contribution in [0.5, 0.6) is 0 Å². The van der Waals surface area contributed by atoms with E-state index in [0.29, 0.717) is 16.9 Å². The number of carbonyl (C=O) groups excluding carboxylic acids is 2. The number of anilines is 1. The van der Waals surface area contributed by atoms with E-state index in [1.165, 1.54) is 6.92 Å². The van der Waals surface area contributed by atoms with Crippen LogP contribution in [-0.4, -0.2) is 21.3 Å². The fourth-order valence-electron chi connectivity index (χ4n) is 2.03. The number of carbonyl (C=O) groups is 2. The third-order valence-corrected chi connectivity index (χ3v) is 3.15. The van der Waals surface area contributed by atoms with Gasteiger partial charge in [0.2, 0.25) is 0 Å². The summed E-state index contributed by atoms with van der Waals surface area (Å²) in [7, 11) is 0. The molecule has 3 rings (SSSR count).